The molecule has 4 aromatic rings. The summed E-state index contributed by atoms with van der Waals surface area (Å²) >= 11 is 0. The summed E-state index contributed by atoms with van der Waals surface area (Å²) in [5.41, 5.74) is 7.37. The van der Waals surface area contributed by atoms with Crippen molar-refractivity contribution in [3.05, 3.63) is 60.4 Å². The van der Waals surface area contributed by atoms with Gasteiger partial charge >= 0.3 is 0 Å². The van der Waals surface area contributed by atoms with Gasteiger partial charge in [0.15, 0.2) is 17.2 Å². The lowest BCUT2D eigenvalue weighted by atomic mass is 10.2. The number of hydrogen-bond donors (Lipinski definition) is 1. The molecule has 0 bridgehead atoms. The molecule has 4 rings (SSSR count). The van der Waals surface area contributed by atoms with Gasteiger partial charge in [-0.15, -0.1) is 5.10 Å². The van der Waals surface area contributed by atoms with Crippen LogP contribution in [0, 0.1) is 11.8 Å². The number of furan rings is 1. The smallest absolute Gasteiger partial charge is 0.254 e. The molecule has 1 amide bonds. The molecule has 0 spiro atoms. The van der Waals surface area contributed by atoms with Crippen molar-refractivity contribution in [2.45, 2.75) is 0 Å². The predicted octanol–water partition coefficient (Wildman–Crippen LogP) is 1.49. The van der Waals surface area contributed by atoms with Gasteiger partial charge in [-0.1, -0.05) is 5.92 Å². The molecule has 0 aliphatic carbocycles. The zero-order valence-corrected chi connectivity index (χ0v) is 14.9. The Morgan fingerprint density at radius 1 is 1.29 bits per heavy atom. The number of carbonyl (C=O) groups excluding carboxylic acids is 1. The van der Waals surface area contributed by atoms with Gasteiger partial charge in [-0.25, -0.2) is 14.5 Å². The van der Waals surface area contributed by atoms with E-state index in [1.54, 1.807) is 56.2 Å². The zero-order chi connectivity index (χ0) is 19.5. The van der Waals surface area contributed by atoms with E-state index in [4.69, 9.17) is 10.2 Å². The van der Waals surface area contributed by atoms with Gasteiger partial charge < -0.3 is 15.1 Å². The Kier molecular flexibility index (Phi) is 4.43. The summed E-state index contributed by atoms with van der Waals surface area (Å²) in [7, 11) is 1.68. The highest BCUT2D eigenvalue weighted by atomic mass is 16.3. The summed E-state index contributed by atoms with van der Waals surface area (Å²) in [6, 6.07) is 6.82. The van der Waals surface area contributed by atoms with E-state index in [1.165, 1.54) is 9.42 Å². The second-order valence-corrected chi connectivity index (χ2v) is 5.89. The van der Waals surface area contributed by atoms with E-state index >= 15 is 0 Å². The van der Waals surface area contributed by atoms with E-state index in [-0.39, 0.29) is 18.3 Å². The maximum atomic E-state index is 12.3. The van der Waals surface area contributed by atoms with Crippen LogP contribution in [0.5, 0.6) is 0 Å². The van der Waals surface area contributed by atoms with Gasteiger partial charge in [-0.2, -0.15) is 0 Å². The summed E-state index contributed by atoms with van der Waals surface area (Å²) in [6.07, 6.45) is 6.32. The summed E-state index contributed by atoms with van der Waals surface area (Å²) in [4.78, 5) is 26.3. The normalized spacial score (nSPS) is 10.5. The fourth-order valence-electron chi connectivity index (χ4n) is 2.52. The number of amides is 1. The first kappa shape index (κ1) is 17.2. The largest absolute Gasteiger partial charge is 0.461 e. The molecular formula is C19H15N7O2. The van der Waals surface area contributed by atoms with E-state index in [2.05, 4.69) is 31.9 Å². The molecule has 4 aromatic heterocycles. The van der Waals surface area contributed by atoms with Crippen molar-refractivity contribution in [1.82, 2.24) is 29.5 Å². The third-order valence-corrected chi connectivity index (χ3v) is 3.89. The highest BCUT2D eigenvalue weighted by Gasteiger charge is 2.13. The van der Waals surface area contributed by atoms with Gasteiger partial charge in [0.05, 0.1) is 19.0 Å². The number of pyridine rings is 1. The molecule has 0 radical (unpaired) electrons. The number of nitrogens with zero attached hydrogens (tertiary/aromatic N) is 6. The van der Waals surface area contributed by atoms with Crippen LogP contribution in [0.15, 0.2) is 53.5 Å². The van der Waals surface area contributed by atoms with Crippen LogP contribution in [-0.2, 0) is 0 Å². The van der Waals surface area contributed by atoms with E-state index < -0.39 is 0 Å². The standard InChI is InChI=1S/C19H15N7O2/c1-25(19(27)13-6-8-21-9-7-13)10-2-4-14-12-26-18(16(20)22-14)23-17(24-26)15-5-3-11-28-15/h3,5-9,11-12H,10H2,1H3,(H2,20,22). The van der Waals surface area contributed by atoms with Crippen LogP contribution in [-0.4, -0.2) is 49.0 Å². The topological polar surface area (TPSA) is 115 Å². The zero-order valence-electron chi connectivity index (χ0n) is 14.9. The summed E-state index contributed by atoms with van der Waals surface area (Å²) in [5.74, 6) is 6.83. The minimum Gasteiger partial charge on any atom is -0.461 e. The van der Waals surface area contributed by atoms with Crippen LogP contribution in [0.2, 0.25) is 0 Å². The van der Waals surface area contributed by atoms with Gasteiger partial charge in [0.1, 0.15) is 5.69 Å². The summed E-state index contributed by atoms with van der Waals surface area (Å²) in [6.45, 7) is 0.232. The van der Waals surface area contributed by atoms with Crippen molar-refractivity contribution in [3.8, 4) is 23.4 Å². The Balaban J connectivity index is 1.53. The lowest BCUT2D eigenvalue weighted by Crippen LogP contribution is -2.27. The lowest BCUT2D eigenvalue weighted by Gasteiger charge is -2.13. The van der Waals surface area contributed by atoms with Crippen LogP contribution in [0.1, 0.15) is 16.1 Å². The van der Waals surface area contributed by atoms with Crippen molar-refractivity contribution in [2.75, 3.05) is 19.3 Å². The molecule has 0 fully saturated rings. The molecule has 0 aliphatic heterocycles. The van der Waals surface area contributed by atoms with Crippen molar-refractivity contribution in [2.24, 2.45) is 0 Å². The molecule has 0 aliphatic rings. The summed E-state index contributed by atoms with van der Waals surface area (Å²) < 4.78 is 6.81. The van der Waals surface area contributed by atoms with E-state index in [0.29, 0.717) is 28.5 Å². The first-order chi connectivity index (χ1) is 13.6. The number of rotatable bonds is 3. The first-order valence-corrected chi connectivity index (χ1v) is 8.33. The Morgan fingerprint density at radius 3 is 2.86 bits per heavy atom. The second-order valence-electron chi connectivity index (χ2n) is 5.89. The number of fused-ring (bicyclic) bond motifs is 1. The Bertz CT molecular complexity index is 1190. The number of anilines is 1. The van der Waals surface area contributed by atoms with Gasteiger partial charge in [-0.05, 0) is 30.2 Å². The highest BCUT2D eigenvalue weighted by molar-refractivity contribution is 5.94. The Hall–Kier alpha value is -4.19. The lowest BCUT2D eigenvalue weighted by molar-refractivity contribution is 0.0812. The number of carbonyl (C=O) groups is 1. The fraction of sp³-hybridized carbons (Fsp3) is 0.105. The van der Waals surface area contributed by atoms with Crippen LogP contribution >= 0.6 is 0 Å². The fourth-order valence-corrected chi connectivity index (χ4v) is 2.52. The second kappa shape index (κ2) is 7.20. The minimum atomic E-state index is -0.140. The van der Waals surface area contributed by atoms with Crippen molar-refractivity contribution >= 4 is 17.4 Å². The molecule has 0 aromatic carbocycles. The molecule has 138 valence electrons. The van der Waals surface area contributed by atoms with Crippen LogP contribution in [0.25, 0.3) is 17.2 Å². The number of nitrogens with two attached hydrogens (primary N) is 1. The third kappa shape index (κ3) is 3.39. The maximum absolute atomic E-state index is 12.3. The molecule has 0 saturated carbocycles. The van der Waals surface area contributed by atoms with Crippen LogP contribution < -0.4 is 5.73 Å². The van der Waals surface area contributed by atoms with Gasteiger partial charge in [0, 0.05) is 25.0 Å². The molecule has 0 saturated heterocycles. The highest BCUT2D eigenvalue weighted by Crippen LogP contribution is 2.18. The van der Waals surface area contributed by atoms with Crippen LogP contribution in [0.3, 0.4) is 0 Å². The average molecular weight is 373 g/mol. The predicted molar refractivity (Wildman–Crippen MR) is 101 cm³/mol. The molecule has 9 heteroatoms. The number of hydrogen-bond acceptors (Lipinski definition) is 7. The number of aromatic nitrogens is 5. The van der Waals surface area contributed by atoms with Gasteiger partial charge in [-0.3, -0.25) is 9.78 Å². The molecule has 28 heavy (non-hydrogen) atoms. The van der Waals surface area contributed by atoms with Crippen molar-refractivity contribution < 1.29 is 9.21 Å². The number of nitrogen functional groups attached to an aromatic ring is 1. The molecular weight excluding hydrogens is 358 g/mol. The van der Waals surface area contributed by atoms with E-state index in [9.17, 15) is 4.79 Å². The quantitative estimate of drug-likeness (QED) is 0.541. The van der Waals surface area contributed by atoms with Gasteiger partial charge in [0.25, 0.3) is 5.91 Å². The monoisotopic (exact) mass is 373 g/mol. The molecule has 0 atom stereocenters. The Morgan fingerprint density at radius 2 is 2.11 bits per heavy atom. The van der Waals surface area contributed by atoms with E-state index in [0.717, 1.165) is 0 Å². The van der Waals surface area contributed by atoms with Crippen LogP contribution in [0.4, 0.5) is 5.82 Å². The average Bonchev–Trinajstić information content (AvgIpc) is 3.38. The Labute approximate surface area is 159 Å². The molecule has 2 N–H and O–H groups in total. The summed E-state index contributed by atoms with van der Waals surface area (Å²) in [5, 5.41) is 4.34. The SMILES string of the molecule is CN(CC#Cc1cn2nc(-c3ccco3)nc2c(N)n1)C(=O)c1ccncc1. The molecule has 4 heterocycles. The van der Waals surface area contributed by atoms with E-state index in [1.807, 2.05) is 0 Å². The van der Waals surface area contributed by atoms with Gasteiger partial charge in [0.2, 0.25) is 5.82 Å². The minimum absolute atomic E-state index is 0.140. The first-order valence-electron chi connectivity index (χ1n) is 8.33. The van der Waals surface area contributed by atoms with Crippen molar-refractivity contribution in [1.29, 1.82) is 0 Å². The van der Waals surface area contributed by atoms with Crippen molar-refractivity contribution in [3.63, 3.8) is 0 Å². The molecule has 0 unspecified atom stereocenters. The molecule has 9 nitrogen and oxygen atoms in total. The third-order valence-electron chi connectivity index (χ3n) is 3.89. The maximum Gasteiger partial charge on any atom is 0.254 e.